The van der Waals surface area contributed by atoms with Gasteiger partial charge in [-0.1, -0.05) is 17.7 Å². The molecule has 2 N–H and O–H groups in total. The van der Waals surface area contributed by atoms with Crippen LogP contribution in [0.5, 0.6) is 0 Å². The average Bonchev–Trinajstić information content (AvgIpc) is 2.46. The number of fused-ring (bicyclic) bond motifs is 1. The molecule has 1 aromatic carbocycles. The van der Waals surface area contributed by atoms with E-state index < -0.39 is 0 Å². The van der Waals surface area contributed by atoms with Gasteiger partial charge in [-0.05, 0) is 49.8 Å². The molecule has 4 nitrogen and oxygen atoms in total. The number of halogens is 1. The van der Waals surface area contributed by atoms with Crippen LogP contribution in [0, 0.1) is 0 Å². The highest BCUT2D eigenvalue weighted by atomic mass is 35.5. The van der Waals surface area contributed by atoms with Gasteiger partial charge in [-0.2, -0.15) is 0 Å². The van der Waals surface area contributed by atoms with Gasteiger partial charge in [0.05, 0.1) is 13.2 Å². The SMILES string of the molecule is CC1=CC2=NC(Nc3cccc(Cl)c3)=C(CO)CN2C(C)=C1. The van der Waals surface area contributed by atoms with Gasteiger partial charge in [0.2, 0.25) is 0 Å². The van der Waals surface area contributed by atoms with Crippen LogP contribution in [0.1, 0.15) is 13.8 Å². The molecular formula is C17H18ClN3O. The van der Waals surface area contributed by atoms with Gasteiger partial charge in [-0.3, -0.25) is 0 Å². The van der Waals surface area contributed by atoms with E-state index in [-0.39, 0.29) is 6.61 Å². The highest BCUT2D eigenvalue weighted by molar-refractivity contribution is 6.30. The topological polar surface area (TPSA) is 47.9 Å². The molecule has 0 saturated heterocycles. The Hall–Kier alpha value is -2.04. The molecule has 0 radical (unpaired) electrons. The fourth-order valence-electron chi connectivity index (χ4n) is 2.61. The number of benzene rings is 1. The van der Waals surface area contributed by atoms with Gasteiger partial charge in [0.25, 0.3) is 0 Å². The lowest BCUT2D eigenvalue weighted by Gasteiger charge is -2.33. The second-order valence-electron chi connectivity index (χ2n) is 5.48. The molecule has 2 heterocycles. The van der Waals surface area contributed by atoms with Crippen LogP contribution in [0.4, 0.5) is 5.69 Å². The number of rotatable bonds is 3. The van der Waals surface area contributed by atoms with Crippen LogP contribution in [0.25, 0.3) is 0 Å². The third-order valence-corrected chi connectivity index (χ3v) is 3.92. The van der Waals surface area contributed by atoms with Gasteiger partial charge < -0.3 is 15.3 Å². The van der Waals surface area contributed by atoms with Crippen molar-refractivity contribution in [2.75, 3.05) is 18.5 Å². The number of aliphatic hydroxyl groups is 1. The van der Waals surface area contributed by atoms with E-state index in [1.165, 1.54) is 5.57 Å². The van der Waals surface area contributed by atoms with Gasteiger partial charge in [0.15, 0.2) is 0 Å². The highest BCUT2D eigenvalue weighted by Gasteiger charge is 2.23. The van der Waals surface area contributed by atoms with Gasteiger partial charge in [0.1, 0.15) is 11.7 Å². The minimum Gasteiger partial charge on any atom is -0.392 e. The van der Waals surface area contributed by atoms with Crippen molar-refractivity contribution in [3.8, 4) is 0 Å². The first kappa shape index (κ1) is 14.9. The number of aliphatic imine (C=N–C) groups is 1. The maximum atomic E-state index is 9.67. The van der Waals surface area contributed by atoms with E-state index in [9.17, 15) is 5.11 Å². The largest absolute Gasteiger partial charge is 0.392 e. The standard InChI is InChI=1S/C17H18ClN3O/c1-11-6-12(2)21-9-13(10-22)17(20-16(21)7-11)19-15-5-3-4-14(18)8-15/h3-8,19,22H,9-10H2,1-2H3. The summed E-state index contributed by atoms with van der Waals surface area (Å²) in [4.78, 5) is 6.77. The lowest BCUT2D eigenvalue weighted by Crippen LogP contribution is -2.37. The minimum atomic E-state index is -0.0356. The summed E-state index contributed by atoms with van der Waals surface area (Å²) in [5.41, 5.74) is 4.01. The van der Waals surface area contributed by atoms with E-state index >= 15 is 0 Å². The molecule has 1 aromatic rings. The second kappa shape index (κ2) is 5.99. The minimum absolute atomic E-state index is 0.0356. The smallest absolute Gasteiger partial charge is 0.136 e. The number of hydrogen-bond acceptors (Lipinski definition) is 4. The van der Waals surface area contributed by atoms with Crippen LogP contribution >= 0.6 is 11.6 Å². The number of allylic oxidation sites excluding steroid dienone is 3. The van der Waals surface area contributed by atoms with E-state index in [0.29, 0.717) is 17.4 Å². The van der Waals surface area contributed by atoms with Crippen LogP contribution in [-0.2, 0) is 0 Å². The molecule has 0 saturated carbocycles. The second-order valence-corrected chi connectivity index (χ2v) is 5.91. The van der Waals surface area contributed by atoms with Crippen molar-refractivity contribution < 1.29 is 5.11 Å². The molecule has 0 aliphatic carbocycles. The average molecular weight is 316 g/mol. The zero-order valence-corrected chi connectivity index (χ0v) is 13.4. The Morgan fingerprint density at radius 3 is 2.86 bits per heavy atom. The summed E-state index contributed by atoms with van der Waals surface area (Å²) < 4.78 is 0. The van der Waals surface area contributed by atoms with Gasteiger partial charge in [0, 0.05) is 22.0 Å². The zero-order valence-electron chi connectivity index (χ0n) is 12.6. The summed E-state index contributed by atoms with van der Waals surface area (Å²) in [6.45, 7) is 4.70. The van der Waals surface area contributed by atoms with Crippen LogP contribution in [0.15, 0.2) is 64.1 Å². The van der Waals surface area contributed by atoms with Crippen molar-refractivity contribution in [2.45, 2.75) is 13.8 Å². The lowest BCUT2D eigenvalue weighted by atomic mass is 10.1. The molecule has 2 aliphatic heterocycles. The Morgan fingerprint density at radius 2 is 2.14 bits per heavy atom. The molecule has 2 aliphatic rings. The van der Waals surface area contributed by atoms with E-state index in [1.807, 2.05) is 30.3 Å². The van der Waals surface area contributed by atoms with Crippen LogP contribution < -0.4 is 5.32 Å². The van der Waals surface area contributed by atoms with E-state index in [2.05, 4.69) is 35.1 Å². The third-order valence-electron chi connectivity index (χ3n) is 3.68. The van der Waals surface area contributed by atoms with Crippen LogP contribution in [0.2, 0.25) is 5.02 Å². The molecule has 22 heavy (non-hydrogen) atoms. The Morgan fingerprint density at radius 1 is 1.32 bits per heavy atom. The fraction of sp³-hybridized carbons (Fsp3) is 0.235. The Labute approximate surface area is 135 Å². The van der Waals surface area contributed by atoms with Crippen molar-refractivity contribution in [3.05, 3.63) is 64.1 Å². The van der Waals surface area contributed by atoms with Crippen molar-refractivity contribution in [1.29, 1.82) is 0 Å². The van der Waals surface area contributed by atoms with Gasteiger partial charge in [-0.25, -0.2) is 4.99 Å². The summed E-state index contributed by atoms with van der Waals surface area (Å²) >= 11 is 6.02. The van der Waals surface area contributed by atoms with Crippen LogP contribution in [-0.4, -0.2) is 29.0 Å². The maximum absolute atomic E-state index is 9.67. The highest BCUT2D eigenvalue weighted by Crippen LogP contribution is 2.26. The summed E-state index contributed by atoms with van der Waals surface area (Å²) in [6.07, 6.45) is 4.16. The molecule has 0 atom stereocenters. The number of aliphatic hydroxyl groups excluding tert-OH is 1. The molecule has 0 unspecified atom stereocenters. The first-order valence-electron chi connectivity index (χ1n) is 7.15. The number of amidine groups is 1. The molecule has 0 amide bonds. The molecule has 3 rings (SSSR count). The summed E-state index contributed by atoms with van der Waals surface area (Å²) in [7, 11) is 0. The van der Waals surface area contributed by atoms with E-state index in [4.69, 9.17) is 11.6 Å². The van der Waals surface area contributed by atoms with E-state index in [0.717, 1.165) is 22.8 Å². The molecule has 0 spiro atoms. The summed E-state index contributed by atoms with van der Waals surface area (Å²) in [5.74, 6) is 1.58. The Balaban J connectivity index is 1.95. The monoisotopic (exact) mass is 315 g/mol. The molecule has 0 aromatic heterocycles. The Kier molecular flexibility index (Phi) is 4.05. The fourth-order valence-corrected chi connectivity index (χ4v) is 2.80. The first-order chi connectivity index (χ1) is 10.6. The normalized spacial score (nSPS) is 17.6. The summed E-state index contributed by atoms with van der Waals surface area (Å²) in [6, 6.07) is 7.46. The number of nitrogens with zero attached hydrogens (tertiary/aromatic N) is 2. The predicted molar refractivity (Wildman–Crippen MR) is 90.8 cm³/mol. The molecular weight excluding hydrogens is 298 g/mol. The van der Waals surface area contributed by atoms with Crippen molar-refractivity contribution >= 4 is 23.1 Å². The molecule has 0 fully saturated rings. The quantitative estimate of drug-likeness (QED) is 0.897. The van der Waals surface area contributed by atoms with Crippen molar-refractivity contribution in [2.24, 2.45) is 4.99 Å². The van der Waals surface area contributed by atoms with Crippen molar-refractivity contribution in [1.82, 2.24) is 4.90 Å². The third kappa shape index (κ3) is 2.93. The van der Waals surface area contributed by atoms with Crippen LogP contribution in [0.3, 0.4) is 0 Å². The van der Waals surface area contributed by atoms with Gasteiger partial charge >= 0.3 is 0 Å². The number of hydrogen-bond donors (Lipinski definition) is 2. The molecule has 0 bridgehead atoms. The first-order valence-corrected chi connectivity index (χ1v) is 7.53. The zero-order chi connectivity index (χ0) is 15.7. The lowest BCUT2D eigenvalue weighted by molar-refractivity contribution is 0.317. The maximum Gasteiger partial charge on any atom is 0.136 e. The number of anilines is 1. The summed E-state index contributed by atoms with van der Waals surface area (Å²) in [5, 5.41) is 13.6. The van der Waals surface area contributed by atoms with Gasteiger partial charge in [-0.15, -0.1) is 0 Å². The molecule has 5 heteroatoms. The molecule has 114 valence electrons. The van der Waals surface area contributed by atoms with Crippen molar-refractivity contribution in [3.63, 3.8) is 0 Å². The Bertz CT molecular complexity index is 731. The number of nitrogens with one attached hydrogen (secondary N) is 1. The predicted octanol–water partition coefficient (Wildman–Crippen LogP) is 3.53. The van der Waals surface area contributed by atoms with E-state index in [1.54, 1.807) is 0 Å².